The summed E-state index contributed by atoms with van der Waals surface area (Å²) in [5.41, 5.74) is 2.33. The lowest BCUT2D eigenvalue weighted by molar-refractivity contribution is -0.126. The van der Waals surface area contributed by atoms with Crippen molar-refractivity contribution in [2.45, 2.75) is 32.9 Å². The van der Waals surface area contributed by atoms with E-state index in [1.54, 1.807) is 6.92 Å². The van der Waals surface area contributed by atoms with Crippen LogP contribution in [-0.4, -0.2) is 42.8 Å². The zero-order valence-corrected chi connectivity index (χ0v) is 14.6. The van der Waals surface area contributed by atoms with E-state index >= 15 is 0 Å². The Hall–Kier alpha value is -2.41. The lowest BCUT2D eigenvalue weighted by Gasteiger charge is -2.16. The fourth-order valence-electron chi connectivity index (χ4n) is 2.28. The van der Waals surface area contributed by atoms with Crippen molar-refractivity contribution in [2.24, 2.45) is 0 Å². The molecular formula is C17H24N4O3. The first-order valence-electron chi connectivity index (χ1n) is 7.86. The number of carbonyl (C=O) groups is 1. The van der Waals surface area contributed by atoms with Gasteiger partial charge in [0.1, 0.15) is 13.2 Å². The van der Waals surface area contributed by atoms with Crippen molar-refractivity contribution in [3.63, 3.8) is 0 Å². The van der Waals surface area contributed by atoms with E-state index in [9.17, 15) is 4.79 Å². The number of carbonyl (C=O) groups excluding carboxylic acids is 1. The van der Waals surface area contributed by atoms with Gasteiger partial charge in [-0.25, -0.2) is 0 Å². The highest BCUT2D eigenvalue weighted by Crippen LogP contribution is 2.13. The Kier molecular flexibility index (Phi) is 6.31. The molecule has 0 saturated heterocycles. The number of ether oxygens (including phenoxy) is 1. The van der Waals surface area contributed by atoms with Crippen molar-refractivity contribution in [1.29, 1.82) is 0 Å². The third-order valence-corrected chi connectivity index (χ3v) is 3.43. The molecule has 0 spiro atoms. The first kappa shape index (κ1) is 17.9. The average Bonchev–Trinajstić information content (AvgIpc) is 2.93. The molecule has 130 valence electrons. The summed E-state index contributed by atoms with van der Waals surface area (Å²) < 4.78 is 10.2. The fraction of sp³-hybridized carbons (Fsp3) is 0.471. The Morgan fingerprint density at radius 1 is 1.33 bits per heavy atom. The number of nitrogens with one attached hydrogen (secondary N) is 1. The topological polar surface area (TPSA) is 80.5 Å². The molecule has 24 heavy (non-hydrogen) atoms. The average molecular weight is 332 g/mol. The van der Waals surface area contributed by atoms with Gasteiger partial charge in [-0.1, -0.05) is 17.3 Å². The van der Waals surface area contributed by atoms with Gasteiger partial charge in [0.05, 0.1) is 0 Å². The van der Waals surface area contributed by atoms with E-state index in [1.165, 1.54) is 5.56 Å². The zero-order valence-electron chi connectivity index (χ0n) is 14.6. The Balaban J connectivity index is 1.70. The van der Waals surface area contributed by atoms with Crippen LogP contribution >= 0.6 is 0 Å². The van der Waals surface area contributed by atoms with Gasteiger partial charge in [-0.05, 0) is 38.0 Å². The molecule has 0 radical (unpaired) electrons. The Labute approximate surface area is 142 Å². The summed E-state index contributed by atoms with van der Waals surface area (Å²) in [7, 11) is 4.01. The second kappa shape index (κ2) is 8.44. The molecule has 0 aliphatic carbocycles. The third kappa shape index (κ3) is 5.66. The van der Waals surface area contributed by atoms with Crippen LogP contribution in [0.1, 0.15) is 24.2 Å². The molecule has 0 aliphatic heterocycles. The Bertz CT molecular complexity index is 652. The van der Waals surface area contributed by atoms with Crippen LogP contribution in [0.3, 0.4) is 0 Å². The quantitative estimate of drug-likeness (QED) is 0.792. The van der Waals surface area contributed by atoms with Gasteiger partial charge < -0.3 is 19.5 Å². The number of amides is 1. The number of benzene rings is 1. The van der Waals surface area contributed by atoms with Crippen molar-refractivity contribution < 1.29 is 14.1 Å². The van der Waals surface area contributed by atoms with E-state index in [0.29, 0.717) is 11.7 Å². The van der Waals surface area contributed by atoms with Crippen LogP contribution < -0.4 is 10.2 Å². The van der Waals surface area contributed by atoms with Crippen molar-refractivity contribution in [2.75, 3.05) is 25.6 Å². The highest BCUT2D eigenvalue weighted by Gasteiger charge is 2.10. The monoisotopic (exact) mass is 332 g/mol. The molecule has 0 unspecified atom stereocenters. The summed E-state index contributed by atoms with van der Waals surface area (Å²) in [5, 5.41) is 6.57. The maximum absolute atomic E-state index is 11.9. The smallest absolute Gasteiger partial charge is 0.252 e. The zero-order chi connectivity index (χ0) is 17.5. The third-order valence-electron chi connectivity index (χ3n) is 3.43. The molecule has 1 amide bonds. The summed E-state index contributed by atoms with van der Waals surface area (Å²) in [6, 6.07) is 8.31. The molecule has 0 fully saturated rings. The second-order valence-electron chi connectivity index (χ2n) is 5.96. The summed E-state index contributed by atoms with van der Waals surface area (Å²) in [4.78, 5) is 17.9. The van der Waals surface area contributed by atoms with Gasteiger partial charge in [-0.3, -0.25) is 4.79 Å². The van der Waals surface area contributed by atoms with Crippen LogP contribution in [0.4, 0.5) is 5.69 Å². The predicted molar refractivity (Wildman–Crippen MR) is 90.8 cm³/mol. The highest BCUT2D eigenvalue weighted by molar-refractivity contribution is 5.77. The van der Waals surface area contributed by atoms with Crippen LogP contribution in [0.2, 0.25) is 0 Å². The van der Waals surface area contributed by atoms with E-state index in [0.717, 1.165) is 12.1 Å². The van der Waals surface area contributed by atoms with Crippen LogP contribution in [-0.2, 0) is 22.6 Å². The molecule has 1 aromatic carbocycles. The van der Waals surface area contributed by atoms with Crippen molar-refractivity contribution in [3.05, 3.63) is 41.5 Å². The van der Waals surface area contributed by atoms with Gasteiger partial charge in [0, 0.05) is 25.8 Å². The number of hydrogen-bond acceptors (Lipinski definition) is 6. The minimum atomic E-state index is -0.163. The first-order chi connectivity index (χ1) is 11.4. The highest BCUT2D eigenvalue weighted by atomic mass is 16.5. The number of nitrogens with zero attached hydrogens (tertiary/aromatic N) is 3. The van der Waals surface area contributed by atoms with Gasteiger partial charge in [0.25, 0.3) is 5.89 Å². The van der Waals surface area contributed by atoms with Crippen LogP contribution in [0.25, 0.3) is 0 Å². The van der Waals surface area contributed by atoms with Gasteiger partial charge in [-0.2, -0.15) is 4.98 Å². The van der Waals surface area contributed by atoms with Crippen molar-refractivity contribution >= 4 is 11.6 Å². The molecule has 0 aliphatic rings. The molecule has 7 nitrogen and oxygen atoms in total. The molecule has 1 atom stereocenters. The second-order valence-corrected chi connectivity index (χ2v) is 5.96. The van der Waals surface area contributed by atoms with E-state index < -0.39 is 0 Å². The maximum Gasteiger partial charge on any atom is 0.252 e. The van der Waals surface area contributed by atoms with Crippen LogP contribution in [0.15, 0.2) is 28.8 Å². The maximum atomic E-state index is 11.9. The van der Waals surface area contributed by atoms with Crippen LogP contribution in [0, 0.1) is 6.92 Å². The Morgan fingerprint density at radius 3 is 2.62 bits per heavy atom. The van der Waals surface area contributed by atoms with Crippen LogP contribution in [0.5, 0.6) is 0 Å². The van der Waals surface area contributed by atoms with Gasteiger partial charge >= 0.3 is 0 Å². The largest absolute Gasteiger partial charge is 0.378 e. The van der Waals surface area contributed by atoms with E-state index in [1.807, 2.05) is 21.0 Å². The molecule has 1 N–H and O–H groups in total. The molecular weight excluding hydrogens is 308 g/mol. The van der Waals surface area contributed by atoms with Crippen molar-refractivity contribution in [3.8, 4) is 0 Å². The summed E-state index contributed by atoms with van der Waals surface area (Å²) >= 11 is 0. The van der Waals surface area contributed by atoms with Crippen molar-refractivity contribution in [1.82, 2.24) is 15.5 Å². The van der Waals surface area contributed by atoms with E-state index in [-0.39, 0.29) is 25.2 Å². The number of hydrogen-bond donors (Lipinski definition) is 1. The minimum absolute atomic E-state index is 0.0250. The summed E-state index contributed by atoms with van der Waals surface area (Å²) in [6.45, 7) is 3.80. The number of rotatable bonds is 8. The molecule has 0 bridgehead atoms. The normalized spacial score (nSPS) is 12.0. The molecule has 1 aromatic heterocycles. The standard InChI is InChI=1S/C17H24N4O3/c1-12(9-14-5-7-15(8-6-14)21(3)4)18-16(22)10-23-11-17-19-13(2)20-24-17/h5-8,12H,9-11H2,1-4H3,(H,18,22)/t12-/m1/s1. The molecule has 2 aromatic rings. The predicted octanol–water partition coefficient (Wildman–Crippen LogP) is 1.71. The summed E-state index contributed by atoms with van der Waals surface area (Å²) in [6.07, 6.45) is 0.766. The molecule has 7 heteroatoms. The number of aromatic nitrogens is 2. The van der Waals surface area contributed by atoms with Gasteiger partial charge in [0.2, 0.25) is 5.91 Å². The lowest BCUT2D eigenvalue weighted by atomic mass is 10.1. The lowest BCUT2D eigenvalue weighted by Crippen LogP contribution is -2.36. The molecule has 2 rings (SSSR count). The Morgan fingerprint density at radius 2 is 2.04 bits per heavy atom. The molecule has 0 saturated carbocycles. The number of anilines is 1. The summed E-state index contributed by atoms with van der Waals surface area (Å²) in [5.74, 6) is 0.755. The van der Waals surface area contributed by atoms with E-state index in [4.69, 9.17) is 9.26 Å². The number of aryl methyl sites for hydroxylation is 1. The molecule has 1 heterocycles. The minimum Gasteiger partial charge on any atom is -0.378 e. The first-order valence-corrected chi connectivity index (χ1v) is 7.86. The SMILES string of the molecule is Cc1noc(COCC(=O)N[C@H](C)Cc2ccc(N(C)C)cc2)n1. The fourth-order valence-corrected chi connectivity index (χ4v) is 2.28. The van der Waals surface area contributed by atoms with Gasteiger partial charge in [0.15, 0.2) is 5.82 Å². The van der Waals surface area contributed by atoms with E-state index in [2.05, 4.69) is 44.6 Å². The van der Waals surface area contributed by atoms with Gasteiger partial charge in [-0.15, -0.1) is 0 Å².